The molecule has 0 aliphatic carbocycles. The van der Waals surface area contributed by atoms with Gasteiger partial charge in [-0.25, -0.2) is 9.78 Å². The number of esters is 1. The van der Waals surface area contributed by atoms with E-state index in [1.165, 1.54) is 7.11 Å². The lowest BCUT2D eigenvalue weighted by molar-refractivity contribution is 0.0599. The Labute approximate surface area is 148 Å². The lowest BCUT2D eigenvalue weighted by Gasteiger charge is -2.33. The molecule has 2 aromatic rings. The Hall–Kier alpha value is -2.44. The van der Waals surface area contributed by atoms with Crippen molar-refractivity contribution in [1.82, 2.24) is 19.7 Å². The molecule has 0 bridgehead atoms. The van der Waals surface area contributed by atoms with Crippen LogP contribution in [0, 0.1) is 6.92 Å². The van der Waals surface area contributed by atoms with Crippen LogP contribution in [0.15, 0.2) is 18.5 Å². The van der Waals surface area contributed by atoms with E-state index in [9.17, 15) is 4.79 Å². The first-order chi connectivity index (χ1) is 12.0. The lowest BCUT2D eigenvalue weighted by atomic mass is 9.96. The van der Waals surface area contributed by atoms with Crippen LogP contribution in [0.4, 0.5) is 5.82 Å². The smallest absolute Gasteiger partial charge is 0.339 e. The van der Waals surface area contributed by atoms with Gasteiger partial charge < -0.3 is 14.2 Å². The fourth-order valence-corrected chi connectivity index (χ4v) is 3.39. The predicted molar refractivity (Wildman–Crippen MR) is 94.9 cm³/mol. The number of carbonyl (C=O) groups excluding carboxylic acids is 1. The third kappa shape index (κ3) is 3.50. The normalized spacial score (nSPS) is 17.8. The zero-order valence-corrected chi connectivity index (χ0v) is 15.3. The van der Waals surface area contributed by atoms with Gasteiger partial charge in [-0.1, -0.05) is 0 Å². The van der Waals surface area contributed by atoms with Crippen molar-refractivity contribution in [3.8, 4) is 0 Å². The van der Waals surface area contributed by atoms with Crippen molar-refractivity contribution in [2.75, 3.05) is 25.1 Å². The van der Waals surface area contributed by atoms with Crippen LogP contribution in [-0.2, 0) is 4.74 Å². The summed E-state index contributed by atoms with van der Waals surface area (Å²) in [6, 6.07) is 4.04. The van der Waals surface area contributed by atoms with Gasteiger partial charge in [-0.2, -0.15) is 0 Å². The topological polar surface area (TPSA) is 73.1 Å². The van der Waals surface area contributed by atoms with E-state index in [1.807, 2.05) is 19.3 Å². The van der Waals surface area contributed by atoms with Crippen molar-refractivity contribution < 1.29 is 9.53 Å². The molecule has 1 aliphatic heterocycles. The summed E-state index contributed by atoms with van der Waals surface area (Å²) in [5.41, 5.74) is 1.20. The van der Waals surface area contributed by atoms with E-state index in [1.54, 1.807) is 6.07 Å². The molecule has 25 heavy (non-hydrogen) atoms. The minimum absolute atomic E-state index is 0.334. The van der Waals surface area contributed by atoms with Gasteiger partial charge in [0.15, 0.2) is 0 Å². The highest BCUT2D eigenvalue weighted by atomic mass is 16.5. The molecule has 0 N–H and O–H groups in total. The summed E-state index contributed by atoms with van der Waals surface area (Å²) in [6.07, 6.45) is 3.99. The fourth-order valence-electron chi connectivity index (χ4n) is 3.39. The van der Waals surface area contributed by atoms with Crippen LogP contribution in [0.5, 0.6) is 0 Å². The summed E-state index contributed by atoms with van der Waals surface area (Å²) in [5, 5.41) is 8.46. The molecular formula is C18H25N5O2. The fraction of sp³-hybridized carbons (Fsp3) is 0.556. The predicted octanol–water partition coefficient (Wildman–Crippen LogP) is 2.73. The third-order valence-electron chi connectivity index (χ3n) is 4.74. The van der Waals surface area contributed by atoms with Crippen LogP contribution in [-0.4, -0.2) is 45.9 Å². The SMILES string of the molecule is COC(=O)c1ccc(N2CCCC(c3nncn3C(C)C)C2)nc1C. The number of nitrogens with zero attached hydrogens (tertiary/aromatic N) is 5. The molecule has 7 nitrogen and oxygen atoms in total. The zero-order chi connectivity index (χ0) is 18.0. The number of piperidine rings is 1. The van der Waals surface area contributed by atoms with Gasteiger partial charge in [0.05, 0.1) is 18.4 Å². The van der Waals surface area contributed by atoms with Gasteiger partial charge in [-0.3, -0.25) is 0 Å². The van der Waals surface area contributed by atoms with E-state index in [0.717, 1.165) is 37.6 Å². The summed E-state index contributed by atoms with van der Waals surface area (Å²) in [5.74, 6) is 1.92. The maximum atomic E-state index is 11.7. The molecule has 1 fully saturated rings. The summed E-state index contributed by atoms with van der Waals surface area (Å²) >= 11 is 0. The van der Waals surface area contributed by atoms with Crippen LogP contribution < -0.4 is 4.90 Å². The van der Waals surface area contributed by atoms with Crippen LogP contribution >= 0.6 is 0 Å². The average Bonchev–Trinajstić information content (AvgIpc) is 3.11. The maximum Gasteiger partial charge on any atom is 0.339 e. The molecule has 0 amide bonds. The van der Waals surface area contributed by atoms with Crippen LogP contribution in [0.3, 0.4) is 0 Å². The minimum atomic E-state index is -0.349. The Morgan fingerprint density at radius 1 is 1.36 bits per heavy atom. The van der Waals surface area contributed by atoms with Crippen molar-refractivity contribution in [2.45, 2.75) is 45.6 Å². The lowest BCUT2D eigenvalue weighted by Crippen LogP contribution is -2.36. The van der Waals surface area contributed by atoms with E-state index in [4.69, 9.17) is 4.74 Å². The summed E-state index contributed by atoms with van der Waals surface area (Å²) in [7, 11) is 1.38. The number of hydrogen-bond donors (Lipinski definition) is 0. The van der Waals surface area contributed by atoms with Gasteiger partial charge in [0.2, 0.25) is 0 Å². The van der Waals surface area contributed by atoms with Crippen molar-refractivity contribution in [3.05, 3.63) is 35.5 Å². The molecule has 134 valence electrons. The molecule has 1 atom stereocenters. The molecule has 3 rings (SSSR count). The molecular weight excluding hydrogens is 318 g/mol. The Balaban J connectivity index is 1.81. The Bertz CT molecular complexity index is 756. The molecule has 0 spiro atoms. The number of anilines is 1. The zero-order valence-electron chi connectivity index (χ0n) is 15.3. The second-order valence-electron chi connectivity index (χ2n) is 6.77. The largest absolute Gasteiger partial charge is 0.465 e. The van der Waals surface area contributed by atoms with E-state index < -0.39 is 0 Å². The molecule has 1 unspecified atom stereocenters. The van der Waals surface area contributed by atoms with Gasteiger partial charge >= 0.3 is 5.97 Å². The number of rotatable bonds is 4. The van der Waals surface area contributed by atoms with Gasteiger partial charge in [-0.05, 0) is 45.7 Å². The summed E-state index contributed by atoms with van der Waals surface area (Å²) in [4.78, 5) is 18.6. The van der Waals surface area contributed by atoms with Crippen molar-refractivity contribution in [1.29, 1.82) is 0 Å². The summed E-state index contributed by atoms with van der Waals surface area (Å²) in [6.45, 7) is 7.94. The molecule has 7 heteroatoms. The monoisotopic (exact) mass is 343 g/mol. The number of ether oxygens (including phenoxy) is 1. The first-order valence-corrected chi connectivity index (χ1v) is 8.71. The average molecular weight is 343 g/mol. The van der Waals surface area contributed by atoms with Crippen molar-refractivity contribution in [3.63, 3.8) is 0 Å². The van der Waals surface area contributed by atoms with Crippen molar-refractivity contribution >= 4 is 11.8 Å². The van der Waals surface area contributed by atoms with E-state index in [0.29, 0.717) is 23.2 Å². The highest BCUT2D eigenvalue weighted by Gasteiger charge is 2.27. The van der Waals surface area contributed by atoms with E-state index in [-0.39, 0.29) is 5.97 Å². The minimum Gasteiger partial charge on any atom is -0.465 e. The maximum absolute atomic E-state index is 11.7. The van der Waals surface area contributed by atoms with Gasteiger partial charge in [0.25, 0.3) is 0 Å². The van der Waals surface area contributed by atoms with Crippen LogP contribution in [0.25, 0.3) is 0 Å². The van der Waals surface area contributed by atoms with Gasteiger partial charge in [0, 0.05) is 25.0 Å². The molecule has 0 aromatic carbocycles. The second kappa shape index (κ2) is 7.21. The number of methoxy groups -OCH3 is 1. The first-order valence-electron chi connectivity index (χ1n) is 8.71. The number of hydrogen-bond acceptors (Lipinski definition) is 6. The van der Waals surface area contributed by atoms with E-state index >= 15 is 0 Å². The number of aromatic nitrogens is 4. The highest BCUT2D eigenvalue weighted by molar-refractivity contribution is 5.90. The van der Waals surface area contributed by atoms with Gasteiger partial charge in [-0.15, -0.1) is 10.2 Å². The second-order valence-corrected chi connectivity index (χ2v) is 6.77. The molecule has 2 aromatic heterocycles. The molecule has 0 radical (unpaired) electrons. The summed E-state index contributed by atoms with van der Waals surface area (Å²) < 4.78 is 6.94. The molecule has 0 saturated carbocycles. The third-order valence-corrected chi connectivity index (χ3v) is 4.74. The van der Waals surface area contributed by atoms with Crippen LogP contribution in [0.2, 0.25) is 0 Å². The highest BCUT2D eigenvalue weighted by Crippen LogP contribution is 2.29. The number of carbonyl (C=O) groups is 1. The first kappa shape index (κ1) is 17.4. The van der Waals surface area contributed by atoms with E-state index in [2.05, 4.69) is 38.5 Å². The number of aryl methyl sites for hydroxylation is 1. The number of pyridine rings is 1. The Kier molecular flexibility index (Phi) is 5.01. The molecule has 1 saturated heterocycles. The molecule has 1 aliphatic rings. The van der Waals surface area contributed by atoms with Gasteiger partial charge in [0.1, 0.15) is 18.0 Å². The molecule has 3 heterocycles. The van der Waals surface area contributed by atoms with Crippen molar-refractivity contribution in [2.24, 2.45) is 0 Å². The standard InChI is InChI=1S/C18H25N5O2/c1-12(2)23-11-19-21-17(23)14-6-5-9-22(10-14)16-8-7-15(13(3)20-16)18(24)25-4/h7-8,11-12,14H,5-6,9-10H2,1-4H3. The quantitative estimate of drug-likeness (QED) is 0.795. The Morgan fingerprint density at radius 3 is 2.84 bits per heavy atom. The Morgan fingerprint density at radius 2 is 2.16 bits per heavy atom. The van der Waals surface area contributed by atoms with Crippen LogP contribution in [0.1, 0.15) is 60.5 Å².